The molecule has 0 aromatic heterocycles. The Hall–Kier alpha value is -0.900. The molecule has 0 aliphatic carbocycles. The van der Waals surface area contributed by atoms with Crippen LogP contribution < -0.4 is 15.8 Å². The quantitative estimate of drug-likeness (QED) is 0.647. The maximum atomic E-state index is 12.3. The van der Waals surface area contributed by atoms with E-state index in [0.717, 1.165) is 25.9 Å². The summed E-state index contributed by atoms with van der Waals surface area (Å²) in [6, 6.07) is 6.26. The van der Waals surface area contributed by atoms with Crippen LogP contribution in [0.25, 0.3) is 0 Å². The minimum Gasteiger partial charge on any atom is -0.329 e. The van der Waals surface area contributed by atoms with E-state index < -0.39 is 10.0 Å². The summed E-state index contributed by atoms with van der Waals surface area (Å²) in [5.41, 5.74) is 5.80. The number of carbonyl (C=O) groups excluding carboxylic acids is 1. The Morgan fingerprint density at radius 3 is 2.52 bits per heavy atom. The number of anilines is 1. The van der Waals surface area contributed by atoms with Crippen molar-refractivity contribution in [3.63, 3.8) is 0 Å². The first-order valence-electron chi connectivity index (χ1n) is 7.71. The molecule has 2 rings (SSSR count). The Morgan fingerprint density at radius 1 is 1.28 bits per heavy atom. The molecule has 25 heavy (non-hydrogen) atoms. The van der Waals surface area contributed by atoms with E-state index in [1.165, 1.54) is 12.1 Å². The van der Waals surface area contributed by atoms with Crippen LogP contribution in [0.4, 0.5) is 5.69 Å². The zero-order valence-electron chi connectivity index (χ0n) is 14.1. The van der Waals surface area contributed by atoms with Crippen molar-refractivity contribution in [3.05, 3.63) is 24.3 Å². The van der Waals surface area contributed by atoms with Crippen LogP contribution in [-0.4, -0.2) is 52.5 Å². The maximum Gasteiger partial charge on any atom is 0.240 e. The summed E-state index contributed by atoms with van der Waals surface area (Å²) in [7, 11) is -1.56. The highest BCUT2D eigenvalue weighted by Gasteiger charge is 2.23. The summed E-state index contributed by atoms with van der Waals surface area (Å²) in [6.07, 6.45) is 1.64. The monoisotopic (exact) mass is 412 g/mol. The first-order valence-corrected chi connectivity index (χ1v) is 9.20. The number of hydrogen-bond acceptors (Lipinski definition) is 5. The third-order valence-electron chi connectivity index (χ3n) is 3.94. The fraction of sp³-hybridized carbons (Fsp3) is 0.533. The molecule has 1 aromatic carbocycles. The summed E-state index contributed by atoms with van der Waals surface area (Å²) in [4.78, 5) is 14.6. The van der Waals surface area contributed by atoms with E-state index >= 15 is 0 Å². The molecule has 0 atom stereocenters. The maximum absolute atomic E-state index is 12.3. The molecule has 0 radical (unpaired) electrons. The van der Waals surface area contributed by atoms with E-state index in [4.69, 9.17) is 5.73 Å². The molecule has 1 heterocycles. The van der Waals surface area contributed by atoms with Gasteiger partial charge in [-0.05, 0) is 51.2 Å². The molecule has 1 aliphatic rings. The lowest BCUT2D eigenvalue weighted by Gasteiger charge is -2.28. The molecule has 1 aromatic rings. The number of sulfonamides is 1. The van der Waals surface area contributed by atoms with E-state index in [9.17, 15) is 13.2 Å². The van der Waals surface area contributed by atoms with Crippen LogP contribution in [0.3, 0.4) is 0 Å². The summed E-state index contributed by atoms with van der Waals surface area (Å²) in [6.45, 7) is 2.20. The highest BCUT2D eigenvalue weighted by Crippen LogP contribution is 2.20. The van der Waals surface area contributed by atoms with Gasteiger partial charge in [-0.15, -0.1) is 24.8 Å². The van der Waals surface area contributed by atoms with Gasteiger partial charge >= 0.3 is 0 Å². The van der Waals surface area contributed by atoms with Crippen LogP contribution >= 0.6 is 24.8 Å². The molecule has 0 unspecified atom stereocenters. The average Bonchev–Trinajstić information content (AvgIpc) is 2.54. The van der Waals surface area contributed by atoms with Crippen molar-refractivity contribution in [2.24, 2.45) is 11.7 Å². The minimum absolute atomic E-state index is 0. The molecule has 1 amide bonds. The number of halogens is 2. The lowest BCUT2D eigenvalue weighted by Crippen LogP contribution is -2.36. The summed E-state index contributed by atoms with van der Waals surface area (Å²) >= 11 is 0. The normalized spacial score (nSPS) is 15.8. The summed E-state index contributed by atoms with van der Waals surface area (Å²) < 4.78 is 26.6. The number of hydrogen-bond donors (Lipinski definition) is 3. The summed E-state index contributed by atoms with van der Waals surface area (Å²) in [5, 5.41) is 2.82. The van der Waals surface area contributed by atoms with Gasteiger partial charge in [0.2, 0.25) is 15.9 Å². The minimum atomic E-state index is -3.60. The van der Waals surface area contributed by atoms with E-state index in [-0.39, 0.29) is 54.6 Å². The lowest BCUT2D eigenvalue weighted by atomic mass is 9.96. The fourth-order valence-corrected chi connectivity index (χ4v) is 3.63. The van der Waals surface area contributed by atoms with E-state index in [1.54, 1.807) is 12.1 Å². The van der Waals surface area contributed by atoms with Crippen LogP contribution in [0.15, 0.2) is 29.2 Å². The second kappa shape index (κ2) is 10.9. The second-order valence-electron chi connectivity index (χ2n) is 5.78. The van der Waals surface area contributed by atoms with Gasteiger partial charge in [-0.3, -0.25) is 4.79 Å². The Bertz CT molecular complexity index is 650. The van der Waals surface area contributed by atoms with Crippen molar-refractivity contribution >= 4 is 46.4 Å². The highest BCUT2D eigenvalue weighted by molar-refractivity contribution is 7.89. The summed E-state index contributed by atoms with van der Waals surface area (Å²) in [5.74, 6) is -0.0793. The van der Waals surface area contributed by atoms with Gasteiger partial charge in [0.15, 0.2) is 0 Å². The fourth-order valence-electron chi connectivity index (χ4n) is 2.53. The number of nitrogens with one attached hydrogen (secondary N) is 2. The molecule has 0 bridgehead atoms. The van der Waals surface area contributed by atoms with Crippen LogP contribution in [0.5, 0.6) is 0 Å². The van der Waals surface area contributed by atoms with Gasteiger partial charge in [-0.2, -0.15) is 0 Å². The van der Waals surface area contributed by atoms with Crippen molar-refractivity contribution in [1.82, 2.24) is 9.62 Å². The molecule has 4 N–H and O–H groups in total. The molecule has 0 saturated carbocycles. The zero-order valence-corrected chi connectivity index (χ0v) is 16.6. The highest BCUT2D eigenvalue weighted by atomic mass is 35.5. The number of benzene rings is 1. The number of nitrogens with zero attached hydrogens (tertiary/aromatic N) is 1. The van der Waals surface area contributed by atoms with E-state index in [2.05, 4.69) is 14.9 Å². The standard InChI is InChI=1S/C15H24N4O3S.2ClH/c1-19-9-5-12(6-10-19)15(20)18-13-3-2-4-14(11-13)23(21,22)17-8-7-16;;/h2-4,11-12,17H,5-10,16H2,1H3,(H,18,20);2*1H. The number of amides is 1. The van der Waals surface area contributed by atoms with Crippen molar-refractivity contribution in [3.8, 4) is 0 Å². The lowest BCUT2D eigenvalue weighted by molar-refractivity contribution is -0.121. The second-order valence-corrected chi connectivity index (χ2v) is 7.55. The van der Waals surface area contributed by atoms with Gasteiger partial charge in [0.25, 0.3) is 0 Å². The van der Waals surface area contributed by atoms with Crippen molar-refractivity contribution < 1.29 is 13.2 Å². The van der Waals surface area contributed by atoms with Crippen LogP contribution in [0.1, 0.15) is 12.8 Å². The molecule has 10 heteroatoms. The smallest absolute Gasteiger partial charge is 0.240 e. The molecule has 0 spiro atoms. The van der Waals surface area contributed by atoms with Crippen molar-refractivity contribution in [2.45, 2.75) is 17.7 Å². The largest absolute Gasteiger partial charge is 0.329 e. The number of piperidine rings is 1. The van der Waals surface area contributed by atoms with E-state index in [1.807, 2.05) is 7.05 Å². The Balaban J connectivity index is 0.00000288. The Morgan fingerprint density at radius 2 is 1.92 bits per heavy atom. The van der Waals surface area contributed by atoms with Gasteiger partial charge in [-0.1, -0.05) is 6.07 Å². The number of carbonyl (C=O) groups is 1. The first-order chi connectivity index (χ1) is 10.9. The SMILES string of the molecule is CN1CCC(C(=O)Nc2cccc(S(=O)(=O)NCCN)c2)CC1.Cl.Cl. The van der Waals surface area contributed by atoms with Crippen molar-refractivity contribution in [2.75, 3.05) is 38.5 Å². The number of rotatable bonds is 6. The van der Waals surface area contributed by atoms with Crippen LogP contribution in [0, 0.1) is 5.92 Å². The van der Waals surface area contributed by atoms with Crippen LogP contribution in [0.2, 0.25) is 0 Å². The third kappa shape index (κ3) is 7.08. The van der Waals surface area contributed by atoms with Gasteiger partial charge in [0.1, 0.15) is 0 Å². The predicted octanol–water partition coefficient (Wildman–Crippen LogP) is 1.05. The average molecular weight is 413 g/mol. The zero-order chi connectivity index (χ0) is 16.9. The molecule has 1 fully saturated rings. The Kier molecular flexibility index (Phi) is 10.6. The number of nitrogens with two attached hydrogens (primary N) is 1. The third-order valence-corrected chi connectivity index (χ3v) is 5.40. The van der Waals surface area contributed by atoms with Gasteiger partial charge in [0, 0.05) is 24.7 Å². The molecule has 1 saturated heterocycles. The van der Waals surface area contributed by atoms with Gasteiger partial charge in [0.05, 0.1) is 4.90 Å². The van der Waals surface area contributed by atoms with Gasteiger partial charge < -0.3 is 16.0 Å². The van der Waals surface area contributed by atoms with Crippen molar-refractivity contribution in [1.29, 1.82) is 0 Å². The van der Waals surface area contributed by atoms with Gasteiger partial charge in [-0.25, -0.2) is 13.1 Å². The van der Waals surface area contributed by atoms with E-state index in [0.29, 0.717) is 5.69 Å². The number of likely N-dealkylation sites (tertiary alicyclic amines) is 1. The molecule has 7 nitrogen and oxygen atoms in total. The Labute approximate surface area is 161 Å². The molecular weight excluding hydrogens is 387 g/mol. The molecule has 1 aliphatic heterocycles. The predicted molar refractivity (Wildman–Crippen MR) is 104 cm³/mol. The molecule has 144 valence electrons. The first kappa shape index (κ1) is 24.1. The van der Waals surface area contributed by atoms with Crippen LogP contribution in [-0.2, 0) is 14.8 Å². The molecular formula is C15H26Cl2N4O3S. The topological polar surface area (TPSA) is 105 Å².